The highest BCUT2D eigenvalue weighted by Crippen LogP contribution is 2.14. The first-order chi connectivity index (χ1) is 7.66. The van der Waals surface area contributed by atoms with Crippen LogP contribution >= 0.6 is 11.5 Å². The number of nitrogens with zero attached hydrogens (tertiary/aromatic N) is 4. The molecule has 9 nitrogen and oxygen atoms in total. The second-order valence-corrected chi connectivity index (χ2v) is 3.53. The molecule has 1 aromatic heterocycles. The molecule has 1 amide bonds. The summed E-state index contributed by atoms with van der Waals surface area (Å²) in [7, 11) is 0. The lowest BCUT2D eigenvalue weighted by atomic mass is 10.2. The van der Waals surface area contributed by atoms with Crippen molar-refractivity contribution in [3.8, 4) is 0 Å². The van der Waals surface area contributed by atoms with Gasteiger partial charge in [0.05, 0.1) is 0 Å². The van der Waals surface area contributed by atoms with Gasteiger partial charge in [-0.3, -0.25) is 10.1 Å². The van der Waals surface area contributed by atoms with Crippen molar-refractivity contribution in [3.05, 3.63) is 0 Å². The van der Waals surface area contributed by atoms with Gasteiger partial charge in [0, 0.05) is 18.0 Å². The molecule has 84 valence electrons. The van der Waals surface area contributed by atoms with Crippen molar-refractivity contribution in [1.82, 2.24) is 14.8 Å². The molecule has 1 aliphatic heterocycles. The lowest BCUT2D eigenvalue weighted by molar-refractivity contribution is -0.129. The van der Waals surface area contributed by atoms with Crippen LogP contribution < -0.4 is 5.32 Å². The first-order valence-electron chi connectivity index (χ1n) is 4.08. The highest BCUT2D eigenvalue weighted by Gasteiger charge is 2.31. The van der Waals surface area contributed by atoms with Crippen LogP contribution in [0.5, 0.6) is 0 Å². The predicted molar refractivity (Wildman–Crippen MR) is 50.9 cm³/mol. The molecule has 0 aromatic carbocycles. The van der Waals surface area contributed by atoms with Gasteiger partial charge in [-0.15, -0.1) is 0 Å². The Kier molecular flexibility index (Phi) is 2.72. The number of hydrogen-bond acceptors (Lipinski definition) is 8. The first kappa shape index (κ1) is 10.4. The number of amides is 1. The van der Waals surface area contributed by atoms with Gasteiger partial charge in [0.2, 0.25) is 11.2 Å². The third-order valence-electron chi connectivity index (χ3n) is 1.74. The van der Waals surface area contributed by atoms with E-state index in [1.54, 1.807) is 0 Å². The second kappa shape index (κ2) is 4.18. The van der Waals surface area contributed by atoms with Gasteiger partial charge < -0.3 is 9.94 Å². The van der Waals surface area contributed by atoms with Crippen LogP contribution in [0.1, 0.15) is 6.42 Å². The second-order valence-electron chi connectivity index (χ2n) is 2.80. The van der Waals surface area contributed by atoms with Crippen molar-refractivity contribution < 1.29 is 19.5 Å². The Hall–Kier alpha value is -2.10. The Bertz CT molecular complexity index is 444. The van der Waals surface area contributed by atoms with E-state index >= 15 is 0 Å². The standard InChI is InChI=1S/C6H5N5O4S/c12-4(7-6-8-10-11-16-6)3-1-2(5(13)14)9-15-3/h3H,1H2,(H,13,14)(H,7,8,11,12). The van der Waals surface area contributed by atoms with E-state index in [-0.39, 0.29) is 17.3 Å². The summed E-state index contributed by atoms with van der Waals surface area (Å²) in [4.78, 5) is 26.7. The summed E-state index contributed by atoms with van der Waals surface area (Å²) in [6.45, 7) is 0. The van der Waals surface area contributed by atoms with E-state index in [0.29, 0.717) is 0 Å². The maximum Gasteiger partial charge on any atom is 0.353 e. The van der Waals surface area contributed by atoms with Crippen LogP contribution in [0.25, 0.3) is 0 Å². The molecule has 0 saturated carbocycles. The number of nitrogens with one attached hydrogen (secondary N) is 1. The monoisotopic (exact) mass is 243 g/mol. The van der Waals surface area contributed by atoms with Gasteiger partial charge in [-0.25, -0.2) is 4.79 Å². The molecular formula is C6H5N5O4S. The number of anilines is 1. The lowest BCUT2D eigenvalue weighted by Gasteiger charge is -2.05. The Balaban J connectivity index is 1.92. The summed E-state index contributed by atoms with van der Waals surface area (Å²) in [5.41, 5.74) is -0.185. The fraction of sp³-hybridized carbons (Fsp3) is 0.333. The maximum atomic E-state index is 11.5. The fourth-order valence-corrected chi connectivity index (χ4v) is 1.38. The minimum atomic E-state index is -1.20. The quantitative estimate of drug-likeness (QED) is 0.704. The van der Waals surface area contributed by atoms with Crippen LogP contribution in [0, 0.1) is 0 Å². The van der Waals surface area contributed by atoms with E-state index in [1.165, 1.54) is 0 Å². The van der Waals surface area contributed by atoms with E-state index < -0.39 is 18.0 Å². The number of aromatic nitrogens is 3. The molecule has 0 aliphatic carbocycles. The van der Waals surface area contributed by atoms with E-state index in [0.717, 1.165) is 11.5 Å². The molecule has 0 saturated heterocycles. The molecule has 2 N–H and O–H groups in total. The number of hydrogen-bond donors (Lipinski definition) is 2. The Morgan fingerprint density at radius 2 is 2.38 bits per heavy atom. The highest BCUT2D eigenvalue weighted by molar-refractivity contribution is 7.09. The van der Waals surface area contributed by atoms with E-state index in [2.05, 4.69) is 30.1 Å². The van der Waals surface area contributed by atoms with Gasteiger partial charge in [-0.1, -0.05) is 14.7 Å². The van der Waals surface area contributed by atoms with E-state index in [1.807, 2.05) is 0 Å². The van der Waals surface area contributed by atoms with Gasteiger partial charge in [0.15, 0.2) is 5.71 Å². The van der Waals surface area contributed by atoms with Crippen LogP contribution in [0.4, 0.5) is 5.13 Å². The number of carboxylic acids is 1. The molecule has 1 aliphatic rings. The molecular weight excluding hydrogens is 238 g/mol. The third-order valence-corrected chi connectivity index (χ3v) is 2.25. The number of oxime groups is 1. The SMILES string of the molecule is O=C(O)C1=NOC(C(=O)Nc2nnns2)C1. The molecule has 2 heterocycles. The van der Waals surface area contributed by atoms with Gasteiger partial charge in [0.25, 0.3) is 5.91 Å². The number of carboxylic acid groups (broad SMARTS) is 1. The highest BCUT2D eigenvalue weighted by atomic mass is 32.1. The maximum absolute atomic E-state index is 11.5. The third kappa shape index (κ3) is 2.11. The Morgan fingerprint density at radius 3 is 2.94 bits per heavy atom. The molecule has 10 heteroatoms. The normalized spacial score (nSPS) is 18.8. The number of rotatable bonds is 3. The zero-order valence-electron chi connectivity index (χ0n) is 7.65. The van der Waals surface area contributed by atoms with Crippen molar-refractivity contribution >= 4 is 34.3 Å². The zero-order valence-corrected chi connectivity index (χ0v) is 8.47. The van der Waals surface area contributed by atoms with Crippen LogP contribution in [-0.4, -0.2) is 43.6 Å². The first-order valence-corrected chi connectivity index (χ1v) is 4.86. The number of carbonyl (C=O) groups is 2. The van der Waals surface area contributed by atoms with E-state index in [9.17, 15) is 9.59 Å². The predicted octanol–water partition coefficient (Wildman–Crippen LogP) is -0.899. The van der Waals surface area contributed by atoms with Crippen LogP contribution in [0.2, 0.25) is 0 Å². The fourth-order valence-electron chi connectivity index (χ4n) is 1.01. The summed E-state index contributed by atoms with van der Waals surface area (Å²) in [6.07, 6.45) is -1.03. The molecule has 16 heavy (non-hydrogen) atoms. The van der Waals surface area contributed by atoms with E-state index in [4.69, 9.17) is 5.11 Å². The van der Waals surface area contributed by atoms with Crippen LogP contribution in [-0.2, 0) is 14.4 Å². The van der Waals surface area contributed by atoms with Crippen molar-refractivity contribution in [2.75, 3.05) is 5.32 Å². The van der Waals surface area contributed by atoms with Crippen molar-refractivity contribution in [2.24, 2.45) is 5.16 Å². The zero-order chi connectivity index (χ0) is 11.5. The van der Waals surface area contributed by atoms with Crippen LogP contribution in [0.15, 0.2) is 5.16 Å². The number of aliphatic carboxylic acids is 1. The minimum absolute atomic E-state index is 0.0760. The summed E-state index contributed by atoms with van der Waals surface area (Å²) in [6, 6.07) is 0. The topological polar surface area (TPSA) is 127 Å². The summed E-state index contributed by atoms with van der Waals surface area (Å²) in [5, 5.41) is 21.3. The van der Waals surface area contributed by atoms with Crippen molar-refractivity contribution in [2.45, 2.75) is 12.5 Å². The average Bonchev–Trinajstić information content (AvgIpc) is 2.86. The average molecular weight is 243 g/mol. The smallest absolute Gasteiger partial charge is 0.353 e. The van der Waals surface area contributed by atoms with Crippen molar-refractivity contribution in [1.29, 1.82) is 0 Å². The number of carbonyl (C=O) groups excluding carboxylic acids is 1. The Labute approximate surface area is 92.3 Å². The Morgan fingerprint density at radius 1 is 1.56 bits per heavy atom. The summed E-state index contributed by atoms with van der Waals surface area (Å²) < 4.78 is 3.45. The van der Waals surface area contributed by atoms with Gasteiger partial charge in [-0.05, 0) is 5.21 Å². The lowest BCUT2D eigenvalue weighted by Crippen LogP contribution is -2.28. The van der Waals surface area contributed by atoms with Crippen LogP contribution in [0.3, 0.4) is 0 Å². The molecule has 0 bridgehead atoms. The summed E-state index contributed by atoms with van der Waals surface area (Å²) in [5.74, 6) is -1.73. The van der Waals surface area contributed by atoms with Gasteiger partial charge in [-0.2, -0.15) is 0 Å². The van der Waals surface area contributed by atoms with Gasteiger partial charge in [0.1, 0.15) is 0 Å². The molecule has 0 radical (unpaired) electrons. The molecule has 0 fully saturated rings. The minimum Gasteiger partial charge on any atom is -0.477 e. The molecule has 1 unspecified atom stereocenters. The molecule has 2 rings (SSSR count). The summed E-state index contributed by atoms with van der Waals surface area (Å²) >= 11 is 0.904. The van der Waals surface area contributed by atoms with Gasteiger partial charge >= 0.3 is 5.97 Å². The molecule has 0 spiro atoms. The largest absolute Gasteiger partial charge is 0.477 e. The molecule has 1 aromatic rings. The molecule has 1 atom stereocenters. The van der Waals surface area contributed by atoms with Crippen molar-refractivity contribution in [3.63, 3.8) is 0 Å².